The number of rotatable bonds is 6. The molecule has 116 valence electrons. The van der Waals surface area contributed by atoms with E-state index < -0.39 is 12.0 Å². The number of phenolic OH excluding ortho intramolecular Hbond substituents is 1. The fraction of sp³-hybridized carbons (Fsp3) is 0.235. The Morgan fingerprint density at radius 2 is 1.91 bits per heavy atom. The zero-order valence-electron chi connectivity index (χ0n) is 12.4. The summed E-state index contributed by atoms with van der Waals surface area (Å²) in [4.78, 5) is 11.3. The molecule has 0 saturated heterocycles. The van der Waals surface area contributed by atoms with E-state index in [9.17, 15) is 9.90 Å². The molecule has 0 saturated carbocycles. The molecule has 0 radical (unpaired) electrons. The molecule has 0 fully saturated rings. The molecule has 0 aromatic heterocycles. The fourth-order valence-electron chi connectivity index (χ4n) is 2.04. The SMILES string of the molecule is COC(=O)[C@@H](N)Cc1ccc(OCc2ccccc2)c(O)c1. The highest BCUT2D eigenvalue weighted by Crippen LogP contribution is 2.28. The topological polar surface area (TPSA) is 81.8 Å². The maximum Gasteiger partial charge on any atom is 0.322 e. The van der Waals surface area contributed by atoms with Crippen molar-refractivity contribution in [3.8, 4) is 11.5 Å². The standard InChI is InChI=1S/C17H19NO4/c1-21-17(20)14(18)9-13-7-8-16(15(19)10-13)22-11-12-5-3-2-4-6-12/h2-8,10,14,19H,9,11,18H2,1H3/t14-/m0/s1. The first-order valence-electron chi connectivity index (χ1n) is 6.92. The number of benzene rings is 2. The molecule has 0 aliphatic carbocycles. The molecule has 0 amide bonds. The summed E-state index contributed by atoms with van der Waals surface area (Å²) in [5.41, 5.74) is 7.45. The van der Waals surface area contributed by atoms with Crippen molar-refractivity contribution in [1.82, 2.24) is 0 Å². The van der Waals surface area contributed by atoms with Gasteiger partial charge in [0.1, 0.15) is 12.6 Å². The second-order valence-electron chi connectivity index (χ2n) is 4.91. The van der Waals surface area contributed by atoms with Crippen molar-refractivity contribution in [1.29, 1.82) is 0 Å². The summed E-state index contributed by atoms with van der Waals surface area (Å²) >= 11 is 0. The molecule has 2 aromatic carbocycles. The quantitative estimate of drug-likeness (QED) is 0.798. The number of esters is 1. The first kappa shape index (κ1) is 15.9. The zero-order valence-corrected chi connectivity index (χ0v) is 12.4. The lowest BCUT2D eigenvalue weighted by Gasteiger charge is -2.12. The van der Waals surface area contributed by atoms with Crippen LogP contribution in [0.4, 0.5) is 0 Å². The van der Waals surface area contributed by atoms with Gasteiger partial charge in [-0.3, -0.25) is 4.79 Å². The van der Waals surface area contributed by atoms with Crippen LogP contribution in [-0.4, -0.2) is 24.2 Å². The maximum atomic E-state index is 11.3. The van der Waals surface area contributed by atoms with Crippen LogP contribution in [0, 0.1) is 0 Å². The summed E-state index contributed by atoms with van der Waals surface area (Å²) < 4.78 is 10.2. The minimum Gasteiger partial charge on any atom is -0.504 e. The van der Waals surface area contributed by atoms with Gasteiger partial charge in [-0.05, 0) is 29.7 Å². The molecule has 5 heteroatoms. The van der Waals surface area contributed by atoms with Gasteiger partial charge in [-0.1, -0.05) is 36.4 Å². The highest BCUT2D eigenvalue weighted by Gasteiger charge is 2.15. The van der Waals surface area contributed by atoms with E-state index >= 15 is 0 Å². The Hall–Kier alpha value is -2.53. The predicted molar refractivity (Wildman–Crippen MR) is 82.6 cm³/mol. The number of hydrogen-bond donors (Lipinski definition) is 2. The van der Waals surface area contributed by atoms with E-state index in [1.54, 1.807) is 18.2 Å². The van der Waals surface area contributed by atoms with Gasteiger partial charge in [-0.15, -0.1) is 0 Å². The Balaban J connectivity index is 1.99. The first-order valence-corrected chi connectivity index (χ1v) is 6.92. The van der Waals surface area contributed by atoms with Crippen LogP contribution in [0.5, 0.6) is 11.5 Å². The molecule has 5 nitrogen and oxygen atoms in total. The van der Waals surface area contributed by atoms with Crippen molar-refractivity contribution in [3.05, 3.63) is 59.7 Å². The van der Waals surface area contributed by atoms with Crippen molar-refractivity contribution >= 4 is 5.97 Å². The molecule has 0 aliphatic heterocycles. The Morgan fingerprint density at radius 3 is 2.55 bits per heavy atom. The lowest BCUT2D eigenvalue weighted by atomic mass is 10.1. The number of carbonyl (C=O) groups excluding carboxylic acids is 1. The summed E-state index contributed by atoms with van der Waals surface area (Å²) in [5.74, 6) is -0.0753. The molecule has 0 unspecified atom stereocenters. The van der Waals surface area contributed by atoms with E-state index in [2.05, 4.69) is 4.74 Å². The van der Waals surface area contributed by atoms with E-state index in [1.807, 2.05) is 30.3 Å². The Labute approximate surface area is 129 Å². The van der Waals surface area contributed by atoms with Gasteiger partial charge in [0.05, 0.1) is 7.11 Å². The number of nitrogens with two attached hydrogens (primary N) is 1. The van der Waals surface area contributed by atoms with Crippen LogP contribution >= 0.6 is 0 Å². The summed E-state index contributed by atoms with van der Waals surface area (Å²) in [6, 6.07) is 13.9. The third kappa shape index (κ3) is 4.23. The molecule has 3 N–H and O–H groups in total. The van der Waals surface area contributed by atoms with Crippen LogP contribution in [0.1, 0.15) is 11.1 Å². The second-order valence-corrected chi connectivity index (χ2v) is 4.91. The maximum absolute atomic E-state index is 11.3. The summed E-state index contributed by atoms with van der Waals surface area (Å²) in [6.07, 6.45) is 0.291. The van der Waals surface area contributed by atoms with Gasteiger partial charge < -0.3 is 20.3 Å². The number of hydrogen-bond acceptors (Lipinski definition) is 5. The summed E-state index contributed by atoms with van der Waals surface area (Å²) in [7, 11) is 1.29. The monoisotopic (exact) mass is 301 g/mol. The van der Waals surface area contributed by atoms with Crippen molar-refractivity contribution in [2.75, 3.05) is 7.11 Å². The number of methoxy groups -OCH3 is 1. The average Bonchev–Trinajstić information content (AvgIpc) is 2.54. The molecular weight excluding hydrogens is 282 g/mol. The van der Waals surface area contributed by atoms with Gasteiger partial charge in [-0.2, -0.15) is 0 Å². The van der Waals surface area contributed by atoms with Crippen molar-refractivity contribution in [2.24, 2.45) is 5.73 Å². The number of aromatic hydroxyl groups is 1. The van der Waals surface area contributed by atoms with Gasteiger partial charge in [0, 0.05) is 0 Å². The molecule has 2 rings (SSSR count). The predicted octanol–water partition coefficient (Wildman–Crippen LogP) is 2.01. The van der Waals surface area contributed by atoms with E-state index in [0.29, 0.717) is 18.8 Å². The average molecular weight is 301 g/mol. The second kappa shape index (κ2) is 7.47. The van der Waals surface area contributed by atoms with E-state index in [1.165, 1.54) is 7.11 Å². The Morgan fingerprint density at radius 1 is 1.18 bits per heavy atom. The van der Waals surface area contributed by atoms with E-state index in [-0.39, 0.29) is 5.75 Å². The summed E-state index contributed by atoms with van der Waals surface area (Å²) in [6.45, 7) is 0.370. The van der Waals surface area contributed by atoms with Crippen molar-refractivity contribution in [2.45, 2.75) is 19.1 Å². The molecular formula is C17H19NO4. The molecule has 0 aliphatic rings. The Bertz CT molecular complexity index is 628. The lowest BCUT2D eigenvalue weighted by molar-refractivity contribution is -0.142. The van der Waals surface area contributed by atoms with E-state index in [4.69, 9.17) is 10.5 Å². The van der Waals surface area contributed by atoms with Crippen LogP contribution < -0.4 is 10.5 Å². The van der Waals surface area contributed by atoms with Crippen molar-refractivity contribution < 1.29 is 19.4 Å². The molecule has 1 atom stereocenters. The van der Waals surface area contributed by atoms with Crippen LogP contribution in [0.25, 0.3) is 0 Å². The third-order valence-electron chi connectivity index (χ3n) is 3.22. The number of ether oxygens (including phenoxy) is 2. The molecule has 0 spiro atoms. The number of carbonyl (C=O) groups is 1. The smallest absolute Gasteiger partial charge is 0.322 e. The normalized spacial score (nSPS) is 11.7. The van der Waals surface area contributed by atoms with Crippen LogP contribution in [-0.2, 0) is 22.6 Å². The van der Waals surface area contributed by atoms with Gasteiger partial charge in [0.25, 0.3) is 0 Å². The molecule has 22 heavy (non-hydrogen) atoms. The fourth-order valence-corrected chi connectivity index (χ4v) is 2.04. The molecule has 0 bridgehead atoms. The zero-order chi connectivity index (χ0) is 15.9. The van der Waals surface area contributed by atoms with Gasteiger partial charge in [0.15, 0.2) is 11.5 Å². The minimum absolute atomic E-state index is 0.0190. The van der Waals surface area contributed by atoms with Gasteiger partial charge >= 0.3 is 5.97 Å². The minimum atomic E-state index is -0.750. The van der Waals surface area contributed by atoms with Gasteiger partial charge in [0.2, 0.25) is 0 Å². The Kier molecular flexibility index (Phi) is 5.38. The van der Waals surface area contributed by atoms with Crippen molar-refractivity contribution in [3.63, 3.8) is 0 Å². The van der Waals surface area contributed by atoms with E-state index in [0.717, 1.165) is 11.1 Å². The third-order valence-corrected chi connectivity index (χ3v) is 3.22. The highest BCUT2D eigenvalue weighted by atomic mass is 16.5. The molecule has 2 aromatic rings. The lowest BCUT2D eigenvalue weighted by Crippen LogP contribution is -2.33. The van der Waals surface area contributed by atoms with Crippen LogP contribution in [0.15, 0.2) is 48.5 Å². The molecule has 0 heterocycles. The number of phenols is 1. The van der Waals surface area contributed by atoms with Crippen LogP contribution in [0.3, 0.4) is 0 Å². The first-order chi connectivity index (χ1) is 10.6. The van der Waals surface area contributed by atoms with Gasteiger partial charge in [-0.25, -0.2) is 0 Å². The summed E-state index contributed by atoms with van der Waals surface area (Å²) in [5, 5.41) is 10.00. The highest BCUT2D eigenvalue weighted by molar-refractivity contribution is 5.75. The largest absolute Gasteiger partial charge is 0.504 e. The van der Waals surface area contributed by atoms with Crippen LogP contribution in [0.2, 0.25) is 0 Å².